The molecule has 116 valence electrons. The molecule has 0 spiro atoms. The lowest BCUT2D eigenvalue weighted by Crippen LogP contribution is -2.22. The fourth-order valence-electron chi connectivity index (χ4n) is 1.93. The van der Waals surface area contributed by atoms with E-state index in [4.69, 9.17) is 16.1 Å². The molecule has 0 radical (unpaired) electrons. The monoisotopic (exact) mass is 391 g/mol. The van der Waals surface area contributed by atoms with Gasteiger partial charge in [0.15, 0.2) is 0 Å². The Morgan fingerprint density at radius 1 is 1.22 bits per heavy atom. The van der Waals surface area contributed by atoms with E-state index in [0.29, 0.717) is 22.3 Å². The number of benzene rings is 2. The number of aromatic nitrogens is 2. The molecule has 0 aliphatic heterocycles. The van der Waals surface area contributed by atoms with Gasteiger partial charge in [0, 0.05) is 20.6 Å². The molecular weight excluding hydrogens is 382 g/mol. The van der Waals surface area contributed by atoms with Gasteiger partial charge in [-0.15, -0.1) is 0 Å². The van der Waals surface area contributed by atoms with Gasteiger partial charge in [-0.05, 0) is 42.5 Å². The lowest BCUT2D eigenvalue weighted by Gasteiger charge is -2.02. The maximum Gasteiger partial charge on any atom is 0.251 e. The van der Waals surface area contributed by atoms with E-state index in [1.165, 1.54) is 0 Å². The Hall–Kier alpha value is -2.18. The van der Waals surface area contributed by atoms with Crippen molar-refractivity contribution in [2.75, 3.05) is 0 Å². The number of carbonyl (C=O) groups excluding carboxylic acids is 1. The largest absolute Gasteiger partial charge is 0.343 e. The van der Waals surface area contributed by atoms with E-state index >= 15 is 0 Å². The number of nitrogens with zero attached hydrogens (tertiary/aromatic N) is 2. The predicted molar refractivity (Wildman–Crippen MR) is 90.1 cm³/mol. The first-order valence-electron chi connectivity index (χ1n) is 6.74. The molecule has 0 saturated heterocycles. The first-order valence-corrected chi connectivity index (χ1v) is 7.91. The molecule has 0 saturated carbocycles. The zero-order valence-electron chi connectivity index (χ0n) is 11.8. The van der Waals surface area contributed by atoms with E-state index in [9.17, 15) is 4.79 Å². The van der Waals surface area contributed by atoms with Crippen molar-refractivity contribution in [1.82, 2.24) is 15.5 Å². The third-order valence-electron chi connectivity index (χ3n) is 3.06. The van der Waals surface area contributed by atoms with Crippen molar-refractivity contribution in [1.29, 1.82) is 0 Å². The standard InChI is InChI=1S/C16H11BrClN3O2/c17-12-3-1-2-11(8-12)16(22)19-9-14-20-15(21-23-14)10-4-6-13(18)7-5-10/h1-8H,9H2,(H,19,22). The van der Waals surface area contributed by atoms with Gasteiger partial charge in [0.2, 0.25) is 11.7 Å². The van der Waals surface area contributed by atoms with Crippen molar-refractivity contribution in [2.45, 2.75) is 6.54 Å². The van der Waals surface area contributed by atoms with Crippen LogP contribution in [0.1, 0.15) is 16.2 Å². The average molecular weight is 393 g/mol. The second kappa shape index (κ2) is 6.93. The summed E-state index contributed by atoms with van der Waals surface area (Å²) in [6, 6.07) is 14.2. The van der Waals surface area contributed by atoms with Gasteiger partial charge < -0.3 is 9.84 Å². The molecule has 0 bridgehead atoms. The van der Waals surface area contributed by atoms with Crippen molar-refractivity contribution < 1.29 is 9.32 Å². The van der Waals surface area contributed by atoms with Gasteiger partial charge in [0.05, 0.1) is 6.54 Å². The lowest BCUT2D eigenvalue weighted by molar-refractivity contribution is 0.0946. The van der Waals surface area contributed by atoms with E-state index in [2.05, 4.69) is 31.4 Å². The second-order valence-electron chi connectivity index (χ2n) is 4.71. The highest BCUT2D eigenvalue weighted by Gasteiger charge is 2.11. The Labute approximate surface area is 145 Å². The van der Waals surface area contributed by atoms with Gasteiger partial charge in [-0.1, -0.05) is 38.8 Å². The topological polar surface area (TPSA) is 68.0 Å². The van der Waals surface area contributed by atoms with Crippen molar-refractivity contribution in [2.24, 2.45) is 0 Å². The van der Waals surface area contributed by atoms with Crippen LogP contribution in [-0.2, 0) is 6.54 Å². The summed E-state index contributed by atoms with van der Waals surface area (Å²) in [5.41, 5.74) is 1.35. The van der Waals surface area contributed by atoms with Gasteiger partial charge in [-0.3, -0.25) is 4.79 Å². The first kappa shape index (κ1) is 15.7. The van der Waals surface area contributed by atoms with Crippen LogP contribution in [0, 0.1) is 0 Å². The summed E-state index contributed by atoms with van der Waals surface area (Å²) in [6.07, 6.45) is 0. The lowest BCUT2D eigenvalue weighted by atomic mass is 10.2. The van der Waals surface area contributed by atoms with Gasteiger partial charge >= 0.3 is 0 Å². The molecule has 0 atom stereocenters. The van der Waals surface area contributed by atoms with Gasteiger partial charge in [-0.25, -0.2) is 0 Å². The molecule has 23 heavy (non-hydrogen) atoms. The number of amides is 1. The van der Waals surface area contributed by atoms with E-state index in [1.54, 1.807) is 42.5 Å². The van der Waals surface area contributed by atoms with Gasteiger partial charge in [-0.2, -0.15) is 4.98 Å². The van der Waals surface area contributed by atoms with Crippen molar-refractivity contribution in [3.63, 3.8) is 0 Å². The van der Waals surface area contributed by atoms with Crippen LogP contribution in [0.2, 0.25) is 5.02 Å². The SMILES string of the molecule is O=C(NCc1nc(-c2ccc(Cl)cc2)no1)c1cccc(Br)c1. The Balaban J connectivity index is 1.65. The molecule has 1 N–H and O–H groups in total. The first-order chi connectivity index (χ1) is 11.1. The third-order valence-corrected chi connectivity index (χ3v) is 3.80. The van der Waals surface area contributed by atoms with Gasteiger partial charge in [0.25, 0.3) is 5.91 Å². The Bertz CT molecular complexity index is 833. The van der Waals surface area contributed by atoms with Crippen LogP contribution < -0.4 is 5.32 Å². The molecule has 2 aromatic carbocycles. The van der Waals surface area contributed by atoms with Crippen LogP contribution in [0.3, 0.4) is 0 Å². The number of hydrogen-bond donors (Lipinski definition) is 1. The zero-order valence-corrected chi connectivity index (χ0v) is 14.1. The summed E-state index contributed by atoms with van der Waals surface area (Å²) in [7, 11) is 0. The highest BCUT2D eigenvalue weighted by molar-refractivity contribution is 9.10. The normalized spacial score (nSPS) is 10.5. The molecule has 1 aromatic heterocycles. The minimum Gasteiger partial charge on any atom is -0.343 e. The molecule has 3 aromatic rings. The van der Waals surface area contributed by atoms with Crippen LogP contribution in [0.5, 0.6) is 0 Å². The minimum absolute atomic E-state index is 0.159. The van der Waals surface area contributed by atoms with Crippen molar-refractivity contribution in [3.05, 3.63) is 69.5 Å². The Kier molecular flexibility index (Phi) is 4.73. The van der Waals surface area contributed by atoms with E-state index < -0.39 is 0 Å². The Morgan fingerprint density at radius 2 is 2.00 bits per heavy atom. The number of hydrogen-bond acceptors (Lipinski definition) is 4. The summed E-state index contributed by atoms with van der Waals surface area (Å²) in [6.45, 7) is 0.159. The zero-order chi connectivity index (χ0) is 16.2. The summed E-state index contributed by atoms with van der Waals surface area (Å²) >= 11 is 9.17. The molecule has 3 rings (SSSR count). The van der Waals surface area contributed by atoms with Crippen LogP contribution in [0.15, 0.2) is 57.5 Å². The number of rotatable bonds is 4. The quantitative estimate of drug-likeness (QED) is 0.726. The third kappa shape index (κ3) is 3.97. The smallest absolute Gasteiger partial charge is 0.251 e. The highest BCUT2D eigenvalue weighted by Crippen LogP contribution is 2.18. The fourth-order valence-corrected chi connectivity index (χ4v) is 2.46. The molecule has 0 aliphatic rings. The van der Waals surface area contributed by atoms with Crippen molar-refractivity contribution in [3.8, 4) is 11.4 Å². The van der Waals surface area contributed by atoms with E-state index in [0.717, 1.165) is 10.0 Å². The summed E-state index contributed by atoms with van der Waals surface area (Å²) < 4.78 is 5.98. The van der Waals surface area contributed by atoms with Gasteiger partial charge in [0.1, 0.15) is 0 Å². The second-order valence-corrected chi connectivity index (χ2v) is 6.06. The molecule has 1 amide bonds. The Morgan fingerprint density at radius 3 is 2.74 bits per heavy atom. The van der Waals surface area contributed by atoms with Crippen LogP contribution in [0.25, 0.3) is 11.4 Å². The maximum atomic E-state index is 12.0. The van der Waals surface area contributed by atoms with E-state index in [-0.39, 0.29) is 12.5 Å². The number of nitrogens with one attached hydrogen (secondary N) is 1. The summed E-state index contributed by atoms with van der Waals surface area (Å²) in [5, 5.41) is 7.27. The molecule has 0 fully saturated rings. The molecule has 1 heterocycles. The molecule has 0 aliphatic carbocycles. The molecule has 7 heteroatoms. The molecular formula is C16H11BrClN3O2. The fraction of sp³-hybridized carbons (Fsp3) is 0.0625. The average Bonchev–Trinajstić information content (AvgIpc) is 3.02. The summed E-state index contributed by atoms with van der Waals surface area (Å²) in [5.74, 6) is 0.573. The predicted octanol–water partition coefficient (Wildman–Crippen LogP) is 4.08. The van der Waals surface area contributed by atoms with Crippen LogP contribution in [0.4, 0.5) is 0 Å². The maximum absolute atomic E-state index is 12.0. The van der Waals surface area contributed by atoms with Crippen molar-refractivity contribution >= 4 is 33.4 Å². The number of carbonyl (C=O) groups is 1. The molecule has 5 nitrogen and oxygen atoms in total. The minimum atomic E-state index is -0.211. The van der Waals surface area contributed by atoms with E-state index in [1.807, 2.05) is 6.07 Å². The highest BCUT2D eigenvalue weighted by atomic mass is 79.9. The number of halogens is 2. The van der Waals surface area contributed by atoms with Crippen LogP contribution in [-0.4, -0.2) is 16.0 Å². The molecule has 0 unspecified atom stereocenters. The summed E-state index contributed by atoms with van der Waals surface area (Å²) in [4.78, 5) is 16.3. The van der Waals surface area contributed by atoms with Crippen LogP contribution >= 0.6 is 27.5 Å².